The first-order chi connectivity index (χ1) is 13.2. The van der Waals surface area contributed by atoms with E-state index in [2.05, 4.69) is 20.6 Å². The summed E-state index contributed by atoms with van der Waals surface area (Å²) in [5.74, 6) is 2.84. The zero-order chi connectivity index (χ0) is 19.1. The molecule has 1 aromatic carbocycles. The van der Waals surface area contributed by atoms with Gasteiger partial charge in [-0.05, 0) is 50.2 Å². The quantitative estimate of drug-likeness (QED) is 0.600. The number of aromatic nitrogens is 3. The predicted octanol–water partition coefficient (Wildman–Crippen LogP) is 2.82. The number of benzene rings is 1. The topological polar surface area (TPSA) is 81.1 Å². The van der Waals surface area contributed by atoms with Gasteiger partial charge in [-0.25, -0.2) is 9.97 Å². The van der Waals surface area contributed by atoms with Crippen LogP contribution in [0.5, 0.6) is 5.75 Å². The first-order valence-corrected chi connectivity index (χ1v) is 8.89. The number of ether oxygens (including phenoxy) is 1. The molecule has 3 rings (SSSR count). The second kappa shape index (κ2) is 8.84. The van der Waals surface area contributed by atoms with E-state index in [1.807, 2.05) is 49.0 Å². The summed E-state index contributed by atoms with van der Waals surface area (Å²) in [6.07, 6.45) is 3.87. The van der Waals surface area contributed by atoms with Crippen LogP contribution in [0.2, 0.25) is 0 Å². The van der Waals surface area contributed by atoms with E-state index < -0.39 is 0 Å². The molecule has 0 bridgehead atoms. The highest BCUT2D eigenvalue weighted by molar-refractivity contribution is 5.94. The molecule has 0 radical (unpaired) electrons. The average molecular weight is 365 g/mol. The van der Waals surface area contributed by atoms with E-state index in [4.69, 9.17) is 4.74 Å². The van der Waals surface area contributed by atoms with E-state index in [0.29, 0.717) is 31.1 Å². The van der Waals surface area contributed by atoms with Gasteiger partial charge < -0.3 is 19.9 Å². The van der Waals surface area contributed by atoms with Gasteiger partial charge >= 0.3 is 0 Å². The molecule has 0 saturated carbocycles. The molecule has 0 fully saturated rings. The number of nitrogens with one attached hydrogen (secondary N) is 2. The van der Waals surface area contributed by atoms with Crippen LogP contribution in [0.4, 0.5) is 5.82 Å². The summed E-state index contributed by atoms with van der Waals surface area (Å²) in [5, 5.41) is 6.11. The number of nitrogens with zero attached hydrogens (tertiary/aromatic N) is 3. The molecule has 140 valence electrons. The fraction of sp³-hybridized carbons (Fsp3) is 0.250. The van der Waals surface area contributed by atoms with Crippen molar-refractivity contribution in [1.29, 1.82) is 0 Å². The summed E-state index contributed by atoms with van der Waals surface area (Å²) in [4.78, 5) is 21.0. The van der Waals surface area contributed by atoms with E-state index in [0.717, 1.165) is 17.4 Å². The maximum Gasteiger partial charge on any atom is 0.251 e. The van der Waals surface area contributed by atoms with Crippen molar-refractivity contribution in [3.05, 3.63) is 66.2 Å². The van der Waals surface area contributed by atoms with Crippen LogP contribution < -0.4 is 15.4 Å². The maximum atomic E-state index is 12.2. The Morgan fingerprint density at radius 3 is 2.56 bits per heavy atom. The van der Waals surface area contributed by atoms with Crippen LogP contribution in [0.15, 0.2) is 54.9 Å². The highest BCUT2D eigenvalue weighted by Gasteiger charge is 2.06. The number of anilines is 1. The van der Waals surface area contributed by atoms with Crippen LogP contribution in [0.25, 0.3) is 5.82 Å². The number of amides is 1. The van der Waals surface area contributed by atoms with Crippen LogP contribution in [0.3, 0.4) is 0 Å². The Morgan fingerprint density at radius 1 is 1.11 bits per heavy atom. The summed E-state index contributed by atoms with van der Waals surface area (Å²) in [7, 11) is 0. The second-order valence-electron chi connectivity index (χ2n) is 5.89. The third-order valence-electron chi connectivity index (χ3n) is 3.84. The van der Waals surface area contributed by atoms with Crippen molar-refractivity contribution in [3.63, 3.8) is 0 Å². The molecular formula is C20H23N5O2. The normalized spacial score (nSPS) is 10.4. The minimum Gasteiger partial charge on any atom is -0.494 e. The molecule has 0 saturated heterocycles. The summed E-state index contributed by atoms with van der Waals surface area (Å²) in [6.45, 7) is 5.42. The summed E-state index contributed by atoms with van der Waals surface area (Å²) in [6, 6.07) is 12.9. The van der Waals surface area contributed by atoms with Gasteiger partial charge in [-0.2, -0.15) is 0 Å². The second-order valence-corrected chi connectivity index (χ2v) is 5.89. The lowest BCUT2D eigenvalue weighted by Gasteiger charge is -2.10. The smallest absolute Gasteiger partial charge is 0.251 e. The lowest BCUT2D eigenvalue weighted by molar-refractivity contribution is 0.0955. The van der Waals surface area contributed by atoms with E-state index >= 15 is 0 Å². The number of aryl methyl sites for hydroxylation is 1. The van der Waals surface area contributed by atoms with Crippen molar-refractivity contribution in [3.8, 4) is 11.6 Å². The van der Waals surface area contributed by atoms with Gasteiger partial charge in [0.2, 0.25) is 0 Å². The number of hydrogen-bond donors (Lipinski definition) is 2. The SMILES string of the molecule is CCOc1ccc(C(=O)NCCNc2cc(-n3cccc3)nc(C)n2)cc1. The Labute approximate surface area is 158 Å². The zero-order valence-corrected chi connectivity index (χ0v) is 15.5. The van der Waals surface area contributed by atoms with Crippen LogP contribution in [-0.4, -0.2) is 40.1 Å². The van der Waals surface area contributed by atoms with Crippen molar-refractivity contribution < 1.29 is 9.53 Å². The van der Waals surface area contributed by atoms with Gasteiger partial charge in [0, 0.05) is 37.1 Å². The highest BCUT2D eigenvalue weighted by Crippen LogP contribution is 2.12. The van der Waals surface area contributed by atoms with Crippen molar-refractivity contribution in [2.45, 2.75) is 13.8 Å². The molecule has 1 amide bonds. The number of carbonyl (C=O) groups is 1. The molecule has 2 aromatic heterocycles. The zero-order valence-electron chi connectivity index (χ0n) is 15.5. The van der Waals surface area contributed by atoms with Crippen LogP contribution in [0.1, 0.15) is 23.1 Å². The third kappa shape index (κ3) is 5.07. The predicted molar refractivity (Wildman–Crippen MR) is 105 cm³/mol. The molecule has 0 unspecified atom stereocenters. The number of carbonyl (C=O) groups excluding carboxylic acids is 1. The molecule has 27 heavy (non-hydrogen) atoms. The van der Waals surface area contributed by atoms with E-state index in [-0.39, 0.29) is 5.91 Å². The minimum atomic E-state index is -0.119. The van der Waals surface area contributed by atoms with Crippen LogP contribution >= 0.6 is 0 Å². The highest BCUT2D eigenvalue weighted by atomic mass is 16.5. The molecule has 0 aliphatic rings. The van der Waals surface area contributed by atoms with Crippen molar-refractivity contribution in [2.75, 3.05) is 25.0 Å². The molecule has 7 heteroatoms. The van der Waals surface area contributed by atoms with Crippen molar-refractivity contribution >= 4 is 11.7 Å². The van der Waals surface area contributed by atoms with Gasteiger partial charge in [0.05, 0.1) is 6.61 Å². The number of hydrogen-bond acceptors (Lipinski definition) is 5. The first-order valence-electron chi connectivity index (χ1n) is 8.89. The van der Waals surface area contributed by atoms with Gasteiger partial charge in [0.15, 0.2) is 0 Å². The minimum absolute atomic E-state index is 0.119. The molecule has 3 aromatic rings. The maximum absolute atomic E-state index is 12.2. The van der Waals surface area contributed by atoms with Crippen LogP contribution in [0, 0.1) is 6.92 Å². The lowest BCUT2D eigenvalue weighted by atomic mass is 10.2. The van der Waals surface area contributed by atoms with Gasteiger partial charge in [0.25, 0.3) is 5.91 Å². The molecule has 2 N–H and O–H groups in total. The molecule has 7 nitrogen and oxygen atoms in total. The number of rotatable bonds is 8. The molecular weight excluding hydrogens is 342 g/mol. The Bertz CT molecular complexity index is 876. The van der Waals surface area contributed by atoms with Crippen molar-refractivity contribution in [2.24, 2.45) is 0 Å². The van der Waals surface area contributed by atoms with Gasteiger partial charge in [0.1, 0.15) is 23.2 Å². The fourth-order valence-corrected chi connectivity index (χ4v) is 2.60. The monoisotopic (exact) mass is 365 g/mol. The molecule has 0 atom stereocenters. The Hall–Kier alpha value is -3.35. The largest absolute Gasteiger partial charge is 0.494 e. The lowest BCUT2D eigenvalue weighted by Crippen LogP contribution is -2.28. The average Bonchev–Trinajstić information content (AvgIpc) is 3.20. The summed E-state index contributed by atoms with van der Waals surface area (Å²) in [5.41, 5.74) is 0.603. The molecule has 0 aliphatic heterocycles. The molecule has 2 heterocycles. The Balaban J connectivity index is 1.50. The summed E-state index contributed by atoms with van der Waals surface area (Å²) < 4.78 is 7.30. The standard InChI is InChI=1S/C20H23N5O2/c1-3-27-17-8-6-16(7-9-17)20(26)22-11-10-21-18-14-19(24-15(2)23-18)25-12-4-5-13-25/h4-9,12-14H,3,10-11H2,1-2H3,(H,22,26)(H,21,23,24). The summed E-state index contributed by atoms with van der Waals surface area (Å²) >= 11 is 0. The molecule has 0 spiro atoms. The van der Waals surface area contributed by atoms with Gasteiger partial charge in [-0.3, -0.25) is 4.79 Å². The Kier molecular flexibility index (Phi) is 6.04. The van der Waals surface area contributed by atoms with E-state index in [1.54, 1.807) is 24.3 Å². The Morgan fingerprint density at radius 2 is 1.85 bits per heavy atom. The fourth-order valence-electron chi connectivity index (χ4n) is 2.60. The first kappa shape index (κ1) is 18.4. The van der Waals surface area contributed by atoms with Gasteiger partial charge in [-0.15, -0.1) is 0 Å². The third-order valence-corrected chi connectivity index (χ3v) is 3.84. The van der Waals surface area contributed by atoms with E-state index in [1.165, 1.54) is 0 Å². The van der Waals surface area contributed by atoms with Crippen LogP contribution in [-0.2, 0) is 0 Å². The molecule has 0 aliphatic carbocycles. The van der Waals surface area contributed by atoms with Crippen molar-refractivity contribution in [1.82, 2.24) is 19.9 Å². The van der Waals surface area contributed by atoms with E-state index in [9.17, 15) is 4.79 Å². The van der Waals surface area contributed by atoms with Gasteiger partial charge in [-0.1, -0.05) is 0 Å².